The van der Waals surface area contributed by atoms with Crippen molar-refractivity contribution in [3.8, 4) is 0 Å². The highest BCUT2D eigenvalue weighted by Crippen LogP contribution is 2.20. The number of carboxylic acids is 1. The number of nitrogens with zero attached hydrogens (tertiary/aromatic N) is 1. The number of carbonyl (C=O) groups excluding carboxylic acids is 1. The molecule has 0 amide bonds. The fraction of sp³-hybridized carbons (Fsp3) is 0.462. The lowest BCUT2D eigenvalue weighted by atomic mass is 10.1. The zero-order chi connectivity index (χ0) is 13.1. The van der Waals surface area contributed by atoms with Gasteiger partial charge in [0.15, 0.2) is 0 Å². The second-order valence-corrected chi connectivity index (χ2v) is 5.68. The first-order chi connectivity index (χ1) is 8.56. The zero-order valence-electron chi connectivity index (χ0n) is 10.4. The molecule has 0 aromatic heterocycles. The summed E-state index contributed by atoms with van der Waals surface area (Å²) >= 11 is 3.43. The zero-order valence-corrected chi connectivity index (χ0v) is 12.0. The fourth-order valence-corrected chi connectivity index (χ4v) is 2.64. The number of carbonyl (C=O) groups is 1. The van der Waals surface area contributed by atoms with Gasteiger partial charge in [-0.05, 0) is 17.2 Å². The lowest BCUT2D eigenvalue weighted by Crippen LogP contribution is -3.11. The van der Waals surface area contributed by atoms with Crippen molar-refractivity contribution in [3.63, 3.8) is 0 Å². The molecular weight excluding hydrogens is 296 g/mol. The van der Waals surface area contributed by atoms with Crippen molar-refractivity contribution >= 4 is 21.9 Å². The van der Waals surface area contributed by atoms with Gasteiger partial charge in [0.2, 0.25) is 0 Å². The first-order valence-corrected chi connectivity index (χ1v) is 6.89. The molecule has 1 aliphatic rings. The van der Waals surface area contributed by atoms with E-state index in [1.807, 2.05) is 6.07 Å². The van der Waals surface area contributed by atoms with Crippen molar-refractivity contribution < 1.29 is 14.8 Å². The number of halogens is 1. The van der Waals surface area contributed by atoms with Gasteiger partial charge in [-0.1, -0.05) is 28.1 Å². The molecule has 18 heavy (non-hydrogen) atoms. The number of hydrogen-bond donors (Lipinski definition) is 1. The van der Waals surface area contributed by atoms with Crippen LogP contribution in [0.15, 0.2) is 22.7 Å². The number of nitrogens with one attached hydrogen (secondary N) is 1. The molecule has 1 aromatic rings. The average molecular weight is 313 g/mol. The number of likely N-dealkylation sites (N-methyl/N-ethyl adjacent to an activating group) is 1. The third kappa shape index (κ3) is 3.31. The predicted octanol–water partition coefficient (Wildman–Crippen LogP) is -0.857. The van der Waals surface area contributed by atoms with Crippen LogP contribution < -0.4 is 10.0 Å². The second kappa shape index (κ2) is 5.82. The molecule has 98 valence electrons. The molecule has 0 saturated carbocycles. The molecule has 0 bridgehead atoms. The van der Waals surface area contributed by atoms with Crippen LogP contribution in [0.5, 0.6) is 0 Å². The van der Waals surface area contributed by atoms with Crippen LogP contribution in [0.25, 0.3) is 0 Å². The van der Waals surface area contributed by atoms with Crippen molar-refractivity contribution in [3.05, 3.63) is 33.8 Å². The number of piperazine rings is 1. The molecule has 1 N–H and O–H groups in total. The molecule has 0 spiro atoms. The minimum atomic E-state index is -1.13. The van der Waals surface area contributed by atoms with Crippen LogP contribution in [0.1, 0.15) is 15.9 Å². The highest BCUT2D eigenvalue weighted by molar-refractivity contribution is 9.10. The second-order valence-electron chi connectivity index (χ2n) is 4.83. The molecule has 1 saturated heterocycles. The van der Waals surface area contributed by atoms with E-state index in [0.717, 1.165) is 42.8 Å². The third-order valence-corrected chi connectivity index (χ3v) is 4.13. The van der Waals surface area contributed by atoms with E-state index in [-0.39, 0.29) is 5.56 Å². The summed E-state index contributed by atoms with van der Waals surface area (Å²) in [6, 6.07) is 5.09. The maximum Gasteiger partial charge on any atom is 0.0898 e. The van der Waals surface area contributed by atoms with Gasteiger partial charge in [-0.25, -0.2) is 0 Å². The quantitative estimate of drug-likeness (QED) is 0.790. The van der Waals surface area contributed by atoms with Crippen molar-refractivity contribution in [2.45, 2.75) is 6.54 Å². The van der Waals surface area contributed by atoms with Gasteiger partial charge in [-0.15, -0.1) is 0 Å². The van der Waals surface area contributed by atoms with E-state index in [9.17, 15) is 9.90 Å². The van der Waals surface area contributed by atoms with E-state index in [1.165, 1.54) is 0 Å². The Labute approximate surface area is 115 Å². The Balaban J connectivity index is 2.03. The molecule has 5 heteroatoms. The van der Waals surface area contributed by atoms with E-state index >= 15 is 0 Å². The van der Waals surface area contributed by atoms with E-state index in [1.54, 1.807) is 17.0 Å². The van der Waals surface area contributed by atoms with Gasteiger partial charge in [0.05, 0.1) is 26.1 Å². The van der Waals surface area contributed by atoms with E-state index in [4.69, 9.17) is 0 Å². The molecule has 1 aliphatic heterocycles. The van der Waals surface area contributed by atoms with Gasteiger partial charge in [0.25, 0.3) is 0 Å². The molecule has 0 radical (unpaired) electrons. The molecule has 1 fully saturated rings. The van der Waals surface area contributed by atoms with Crippen molar-refractivity contribution in [1.82, 2.24) is 4.90 Å². The lowest BCUT2D eigenvalue weighted by Gasteiger charge is -2.30. The number of hydrogen-bond acceptors (Lipinski definition) is 3. The van der Waals surface area contributed by atoms with Gasteiger partial charge in [-0.3, -0.25) is 4.90 Å². The van der Waals surface area contributed by atoms with E-state index < -0.39 is 5.97 Å². The predicted molar refractivity (Wildman–Crippen MR) is 70.4 cm³/mol. The summed E-state index contributed by atoms with van der Waals surface area (Å²) < 4.78 is 0.843. The fourth-order valence-electron chi connectivity index (χ4n) is 2.14. The third-order valence-electron chi connectivity index (χ3n) is 3.39. The number of rotatable bonds is 3. The number of quaternary nitrogens is 1. The Kier molecular flexibility index (Phi) is 4.37. The maximum absolute atomic E-state index is 10.7. The summed E-state index contributed by atoms with van der Waals surface area (Å²) in [5.74, 6) is -1.13. The smallest absolute Gasteiger partial charge is 0.0898 e. The van der Waals surface area contributed by atoms with Gasteiger partial charge >= 0.3 is 0 Å². The SMILES string of the molecule is C[NH+]1CCN(Cc2ccc(C(=O)[O-])cc2Br)CC1. The summed E-state index contributed by atoms with van der Waals surface area (Å²) in [5.41, 5.74) is 1.34. The Bertz CT molecular complexity index is 443. The highest BCUT2D eigenvalue weighted by atomic mass is 79.9. The lowest BCUT2D eigenvalue weighted by molar-refractivity contribution is -0.884. The Morgan fingerprint density at radius 2 is 2.11 bits per heavy atom. The largest absolute Gasteiger partial charge is 0.545 e. The van der Waals surface area contributed by atoms with Gasteiger partial charge in [0, 0.05) is 24.1 Å². The number of benzene rings is 1. The normalized spacial score (nSPS) is 17.9. The Hall–Kier alpha value is -0.910. The van der Waals surface area contributed by atoms with Crippen molar-refractivity contribution in [2.75, 3.05) is 33.2 Å². The number of aromatic carboxylic acids is 1. The number of carboxylic acid groups (broad SMARTS) is 1. The molecule has 1 aromatic carbocycles. The molecule has 4 nitrogen and oxygen atoms in total. The van der Waals surface area contributed by atoms with Crippen molar-refractivity contribution in [1.29, 1.82) is 0 Å². The molecule has 1 heterocycles. The van der Waals surface area contributed by atoms with Crippen LogP contribution in [0.4, 0.5) is 0 Å². The van der Waals surface area contributed by atoms with E-state index in [0.29, 0.717) is 0 Å². The molecule has 0 aliphatic carbocycles. The molecule has 0 atom stereocenters. The summed E-state index contributed by atoms with van der Waals surface area (Å²) in [6.07, 6.45) is 0. The summed E-state index contributed by atoms with van der Waals surface area (Å²) in [7, 11) is 2.21. The van der Waals surface area contributed by atoms with Crippen LogP contribution in [-0.4, -0.2) is 44.1 Å². The standard InChI is InChI=1S/C13H17BrN2O2/c1-15-4-6-16(7-5-15)9-11-3-2-10(13(17)18)8-12(11)14/h2-3,8H,4-7,9H2,1H3,(H,17,18). The van der Waals surface area contributed by atoms with Crippen LogP contribution in [0.3, 0.4) is 0 Å². The van der Waals surface area contributed by atoms with Gasteiger partial charge in [-0.2, -0.15) is 0 Å². The summed E-state index contributed by atoms with van der Waals surface area (Å²) in [5, 5.41) is 10.7. The Morgan fingerprint density at radius 3 is 2.67 bits per heavy atom. The minimum Gasteiger partial charge on any atom is -0.545 e. The molecular formula is C13H17BrN2O2. The summed E-state index contributed by atoms with van der Waals surface area (Å²) in [4.78, 5) is 14.7. The van der Waals surface area contributed by atoms with Gasteiger partial charge in [0.1, 0.15) is 0 Å². The van der Waals surface area contributed by atoms with Crippen molar-refractivity contribution in [2.24, 2.45) is 0 Å². The van der Waals surface area contributed by atoms with Crippen LogP contribution in [0.2, 0.25) is 0 Å². The molecule has 2 rings (SSSR count). The van der Waals surface area contributed by atoms with Gasteiger partial charge < -0.3 is 14.8 Å². The van der Waals surface area contributed by atoms with Crippen LogP contribution >= 0.6 is 15.9 Å². The Morgan fingerprint density at radius 1 is 1.44 bits per heavy atom. The topological polar surface area (TPSA) is 47.8 Å². The highest BCUT2D eigenvalue weighted by Gasteiger charge is 2.17. The summed E-state index contributed by atoms with van der Waals surface area (Å²) in [6.45, 7) is 5.35. The van der Waals surface area contributed by atoms with Crippen LogP contribution in [0, 0.1) is 0 Å². The first-order valence-electron chi connectivity index (χ1n) is 6.09. The van der Waals surface area contributed by atoms with E-state index in [2.05, 4.69) is 27.9 Å². The van der Waals surface area contributed by atoms with Crippen LogP contribution in [-0.2, 0) is 6.54 Å². The minimum absolute atomic E-state index is 0.216. The molecule has 0 unspecified atom stereocenters. The first kappa shape index (κ1) is 13.5. The maximum atomic E-state index is 10.7. The monoisotopic (exact) mass is 312 g/mol. The average Bonchev–Trinajstić information content (AvgIpc) is 2.34.